The number of anilines is 2. The van der Waals surface area contributed by atoms with Crippen molar-refractivity contribution < 1.29 is 32.9 Å². The average molecular weight is 572 g/mol. The number of rotatable bonds is 7. The molecular formula is C24H29ClF3N7O4. The predicted molar refractivity (Wildman–Crippen MR) is 138 cm³/mol. The number of benzene rings is 1. The van der Waals surface area contributed by atoms with E-state index in [9.17, 15) is 18.3 Å². The van der Waals surface area contributed by atoms with E-state index in [0.29, 0.717) is 22.7 Å². The number of ether oxygens (including phenoxy) is 2. The molecule has 3 heterocycles. The summed E-state index contributed by atoms with van der Waals surface area (Å²) in [4.78, 5) is 8.25. The second-order valence-electron chi connectivity index (χ2n) is 9.18. The molecule has 0 aliphatic carbocycles. The summed E-state index contributed by atoms with van der Waals surface area (Å²) in [6, 6.07) is 7.80. The van der Waals surface area contributed by atoms with Gasteiger partial charge in [-0.2, -0.15) is 22.7 Å². The van der Waals surface area contributed by atoms with Crippen molar-refractivity contribution in [3.63, 3.8) is 0 Å². The van der Waals surface area contributed by atoms with E-state index >= 15 is 0 Å². The predicted octanol–water partition coefficient (Wildman–Crippen LogP) is 4.66. The Morgan fingerprint density at radius 3 is 2.28 bits per heavy atom. The maximum atomic E-state index is 13.1. The Hall–Kier alpha value is -3.62. The van der Waals surface area contributed by atoms with Gasteiger partial charge >= 0.3 is 6.18 Å². The molecule has 3 aromatic heterocycles. The van der Waals surface area contributed by atoms with Crippen LogP contribution in [-0.2, 0) is 5.60 Å². The van der Waals surface area contributed by atoms with Crippen LogP contribution in [0.2, 0.25) is 5.28 Å². The number of nitrogens with one attached hydrogen (secondary N) is 1. The van der Waals surface area contributed by atoms with Crippen LogP contribution in [0.1, 0.15) is 40.2 Å². The Labute approximate surface area is 227 Å². The molecule has 0 bridgehead atoms. The van der Waals surface area contributed by atoms with Crippen LogP contribution in [0.25, 0.3) is 11.3 Å². The van der Waals surface area contributed by atoms with Crippen molar-refractivity contribution in [1.82, 2.24) is 29.4 Å². The van der Waals surface area contributed by atoms with E-state index in [0.717, 1.165) is 11.4 Å². The zero-order valence-electron chi connectivity index (χ0n) is 22.0. The number of hydrogen-bond acceptors (Lipinski definition) is 9. The first-order valence-electron chi connectivity index (χ1n) is 11.7. The molecule has 4 aromatic rings. The van der Waals surface area contributed by atoms with E-state index in [-0.39, 0.29) is 28.9 Å². The molecule has 0 radical (unpaired) electrons. The molecule has 3 N–H and O–H groups in total. The van der Waals surface area contributed by atoms with Gasteiger partial charge < -0.3 is 25.0 Å². The number of fused-ring (bicyclic) bond motifs is 1. The molecule has 0 aliphatic heterocycles. The summed E-state index contributed by atoms with van der Waals surface area (Å²) >= 11 is 5.79. The number of hydrogen-bond donors (Lipinski definition) is 3. The average Bonchev–Trinajstić information content (AvgIpc) is 3.43. The fourth-order valence-corrected chi connectivity index (χ4v) is 3.37. The van der Waals surface area contributed by atoms with Gasteiger partial charge in [-0.05, 0) is 64.4 Å². The molecule has 39 heavy (non-hydrogen) atoms. The lowest BCUT2D eigenvalue weighted by Gasteiger charge is -2.21. The third-order valence-corrected chi connectivity index (χ3v) is 5.19. The van der Waals surface area contributed by atoms with Crippen LogP contribution >= 0.6 is 11.6 Å². The molecule has 0 fully saturated rings. The lowest BCUT2D eigenvalue weighted by atomic mass is 10.00. The maximum Gasteiger partial charge on any atom is 0.425 e. The minimum absolute atomic E-state index is 0.0600. The number of aliphatic hydroxyl groups is 2. The number of methoxy groups -OCH3 is 1. The fourth-order valence-electron chi connectivity index (χ4n) is 3.24. The Balaban J connectivity index is 0.000000983. The molecule has 4 rings (SSSR count). The Morgan fingerprint density at radius 1 is 1.08 bits per heavy atom. The van der Waals surface area contributed by atoms with Gasteiger partial charge in [0.15, 0.2) is 11.8 Å². The first-order chi connectivity index (χ1) is 18.1. The third kappa shape index (κ3) is 7.49. The van der Waals surface area contributed by atoms with Crippen LogP contribution in [0.15, 0.2) is 36.7 Å². The Kier molecular flexibility index (Phi) is 8.93. The maximum absolute atomic E-state index is 13.1. The third-order valence-electron chi connectivity index (χ3n) is 5.01. The monoisotopic (exact) mass is 571 g/mol. The van der Waals surface area contributed by atoms with Gasteiger partial charge in [0, 0.05) is 29.5 Å². The smallest absolute Gasteiger partial charge is 0.425 e. The summed E-state index contributed by atoms with van der Waals surface area (Å²) in [6.45, 7) is 7.40. The number of aromatic nitrogens is 6. The lowest BCUT2D eigenvalue weighted by molar-refractivity contribution is -0.190. The van der Waals surface area contributed by atoms with Crippen LogP contribution < -0.4 is 14.8 Å². The van der Waals surface area contributed by atoms with Gasteiger partial charge in [0.25, 0.3) is 0 Å². The minimum Gasteiger partial charge on any atom is -0.494 e. The number of nitrogens with zero attached hydrogens (tertiary/aromatic N) is 6. The fraction of sp³-hybridized carbons (Fsp3) is 0.417. The van der Waals surface area contributed by atoms with E-state index in [2.05, 4.69) is 25.5 Å². The van der Waals surface area contributed by atoms with Crippen LogP contribution in [0.5, 0.6) is 11.6 Å². The van der Waals surface area contributed by atoms with Gasteiger partial charge in [0.2, 0.25) is 17.1 Å². The van der Waals surface area contributed by atoms with Crippen LogP contribution in [0.3, 0.4) is 0 Å². The highest BCUT2D eigenvalue weighted by Gasteiger charge is 2.38. The number of pyridine rings is 1. The van der Waals surface area contributed by atoms with Gasteiger partial charge in [-0.1, -0.05) is 0 Å². The number of halogens is 4. The highest BCUT2D eigenvalue weighted by molar-refractivity contribution is 6.28. The summed E-state index contributed by atoms with van der Waals surface area (Å²) < 4.78 is 52.3. The van der Waals surface area contributed by atoms with E-state index in [1.807, 2.05) is 0 Å². The second-order valence-corrected chi connectivity index (χ2v) is 9.52. The van der Waals surface area contributed by atoms with E-state index in [1.165, 1.54) is 44.1 Å². The van der Waals surface area contributed by atoms with Crippen molar-refractivity contribution in [2.75, 3.05) is 12.4 Å². The van der Waals surface area contributed by atoms with E-state index in [4.69, 9.17) is 26.2 Å². The molecule has 0 saturated heterocycles. The van der Waals surface area contributed by atoms with Gasteiger partial charge in [0.1, 0.15) is 17.8 Å². The molecule has 11 nitrogen and oxygen atoms in total. The van der Waals surface area contributed by atoms with Crippen molar-refractivity contribution >= 4 is 28.9 Å². The summed E-state index contributed by atoms with van der Waals surface area (Å²) in [6.07, 6.45) is -5.39. The van der Waals surface area contributed by atoms with Gasteiger partial charge in [-0.3, -0.25) is 0 Å². The summed E-state index contributed by atoms with van der Waals surface area (Å²) in [5.74, 6) is 0.305. The molecule has 0 unspecified atom stereocenters. The minimum atomic E-state index is -4.57. The zero-order chi connectivity index (χ0) is 29.1. The van der Waals surface area contributed by atoms with Crippen molar-refractivity contribution in [3.05, 3.63) is 47.5 Å². The summed E-state index contributed by atoms with van der Waals surface area (Å²) in [5.41, 5.74) is 0.225. The van der Waals surface area contributed by atoms with Crippen molar-refractivity contribution in [2.45, 2.75) is 58.6 Å². The highest BCUT2D eigenvalue weighted by atomic mass is 35.5. The summed E-state index contributed by atoms with van der Waals surface area (Å²) in [5, 5.41) is 30.0. The molecule has 212 valence electrons. The summed E-state index contributed by atoms with van der Waals surface area (Å²) in [7, 11) is 1.48. The van der Waals surface area contributed by atoms with Crippen LogP contribution in [0, 0.1) is 0 Å². The largest absolute Gasteiger partial charge is 0.494 e. The normalized spacial score (nSPS) is 12.7. The van der Waals surface area contributed by atoms with Gasteiger partial charge in [-0.15, -0.1) is 10.2 Å². The van der Waals surface area contributed by atoms with Crippen LogP contribution in [-0.4, -0.2) is 65.1 Å². The molecule has 0 spiro atoms. The Bertz CT molecular complexity index is 1410. The van der Waals surface area contributed by atoms with Crippen molar-refractivity contribution in [1.29, 1.82) is 0 Å². The topological polar surface area (TPSA) is 132 Å². The number of aliphatic hydroxyl groups excluding tert-OH is 1. The van der Waals surface area contributed by atoms with Crippen molar-refractivity contribution in [2.24, 2.45) is 0 Å². The van der Waals surface area contributed by atoms with Crippen molar-refractivity contribution in [3.8, 4) is 17.3 Å². The quantitative estimate of drug-likeness (QED) is 0.290. The molecule has 1 atom stereocenters. The molecule has 0 amide bonds. The van der Waals surface area contributed by atoms with E-state index in [1.54, 1.807) is 32.0 Å². The second kappa shape index (κ2) is 11.6. The Morgan fingerprint density at radius 2 is 1.74 bits per heavy atom. The number of alkyl halides is 3. The molecule has 1 aromatic carbocycles. The standard InChI is InChI=1S/C21H21ClF3N7O3.C3H8O/c1-11(21(23,24)25)35-16-8-6-13(20(2,3)33)17-28-19(30-32(16)17)27-12-5-7-14(15(9-12)34-4)31-10-26-18(22)29-31;1-3(2)4/h5-11,33H,1-4H3,(H,27,30);3-4H,1-2H3/t11-;/m0./s1. The van der Waals surface area contributed by atoms with Gasteiger partial charge in [0.05, 0.1) is 12.7 Å². The highest BCUT2D eigenvalue weighted by Crippen LogP contribution is 2.32. The SMILES string of the molecule is CC(C)O.COc1cc(Nc2nc3c(C(C)(C)O)ccc(O[C@@H](C)C(F)(F)F)n3n2)ccc1-n1cnc(Cl)n1. The molecule has 0 saturated carbocycles. The van der Waals surface area contributed by atoms with E-state index < -0.39 is 17.9 Å². The molecular weight excluding hydrogens is 543 g/mol. The molecule has 0 aliphatic rings. The van der Waals surface area contributed by atoms with Crippen LogP contribution in [0.4, 0.5) is 24.8 Å². The lowest BCUT2D eigenvalue weighted by Crippen LogP contribution is -2.32. The first-order valence-corrected chi connectivity index (χ1v) is 12.0. The molecule has 15 heteroatoms. The zero-order valence-corrected chi connectivity index (χ0v) is 22.8. The van der Waals surface area contributed by atoms with Gasteiger partial charge in [-0.25, -0.2) is 9.67 Å². The first kappa shape index (κ1) is 29.9.